The van der Waals surface area contributed by atoms with Crippen LogP contribution in [0, 0.1) is 20.8 Å². The van der Waals surface area contributed by atoms with Crippen molar-refractivity contribution >= 4 is 11.8 Å². The Morgan fingerprint density at radius 1 is 0.960 bits per heavy atom. The maximum absolute atomic E-state index is 12.4. The van der Waals surface area contributed by atoms with Crippen LogP contribution in [0.3, 0.4) is 0 Å². The van der Waals surface area contributed by atoms with Crippen molar-refractivity contribution in [3.63, 3.8) is 0 Å². The summed E-state index contributed by atoms with van der Waals surface area (Å²) in [7, 11) is 0. The molecule has 0 aliphatic rings. The highest BCUT2D eigenvalue weighted by Crippen LogP contribution is 2.19. The van der Waals surface area contributed by atoms with Crippen LogP contribution in [-0.4, -0.2) is 18.4 Å². The second-order valence-corrected chi connectivity index (χ2v) is 6.68. The average Bonchev–Trinajstić information content (AvgIpc) is 2.61. The van der Waals surface area contributed by atoms with Gasteiger partial charge < -0.3 is 4.74 Å². The second kappa shape index (κ2) is 8.11. The van der Waals surface area contributed by atoms with Gasteiger partial charge in [-0.25, -0.2) is 4.79 Å². The number of rotatable bonds is 6. The summed E-state index contributed by atoms with van der Waals surface area (Å²) in [5, 5.41) is 0. The number of hydrogen-bond donors (Lipinski definition) is 0. The normalized spacial score (nSPS) is 11.9. The summed E-state index contributed by atoms with van der Waals surface area (Å²) in [5.41, 5.74) is 5.39. The Balaban J connectivity index is 2.02. The number of ether oxygens (including phenoxy) is 1. The largest absolute Gasteiger partial charge is 0.454 e. The molecular weight excluding hydrogens is 312 g/mol. The minimum absolute atomic E-state index is 0.176. The number of aryl methyl sites for hydroxylation is 3. The zero-order valence-electron chi connectivity index (χ0n) is 15.7. The SMILES string of the molecule is CCC(C)c1ccc(C(=O)OCC(=O)c2cc(C)c(C)cc2C)cc1. The lowest BCUT2D eigenvalue weighted by Crippen LogP contribution is -2.15. The highest BCUT2D eigenvalue weighted by atomic mass is 16.5. The van der Waals surface area contributed by atoms with E-state index in [-0.39, 0.29) is 12.4 Å². The molecule has 1 unspecified atom stereocenters. The molecule has 0 spiro atoms. The summed E-state index contributed by atoms with van der Waals surface area (Å²) in [6, 6.07) is 11.3. The summed E-state index contributed by atoms with van der Waals surface area (Å²) in [6.45, 7) is 9.92. The lowest BCUT2D eigenvalue weighted by atomic mass is 9.97. The van der Waals surface area contributed by atoms with Crippen molar-refractivity contribution in [1.29, 1.82) is 0 Å². The molecule has 0 radical (unpaired) electrons. The molecule has 0 N–H and O–H groups in total. The van der Waals surface area contributed by atoms with Crippen LogP contribution in [0.1, 0.15) is 69.2 Å². The van der Waals surface area contributed by atoms with Gasteiger partial charge in [-0.05, 0) is 73.6 Å². The number of ketones is 1. The van der Waals surface area contributed by atoms with Crippen LogP contribution in [0.2, 0.25) is 0 Å². The van der Waals surface area contributed by atoms with E-state index >= 15 is 0 Å². The van der Waals surface area contributed by atoms with Crippen molar-refractivity contribution in [2.45, 2.75) is 47.0 Å². The highest BCUT2D eigenvalue weighted by molar-refractivity contribution is 6.00. The van der Waals surface area contributed by atoms with Crippen LogP contribution in [0.25, 0.3) is 0 Å². The van der Waals surface area contributed by atoms with Gasteiger partial charge in [-0.15, -0.1) is 0 Å². The van der Waals surface area contributed by atoms with Crippen LogP contribution < -0.4 is 0 Å². The Bertz CT molecular complexity index is 773. The first-order chi connectivity index (χ1) is 11.8. The van der Waals surface area contributed by atoms with Gasteiger partial charge in [0.25, 0.3) is 0 Å². The second-order valence-electron chi connectivity index (χ2n) is 6.68. The van der Waals surface area contributed by atoms with E-state index in [0.717, 1.165) is 23.1 Å². The molecule has 2 rings (SSSR count). The molecule has 3 nitrogen and oxygen atoms in total. The zero-order chi connectivity index (χ0) is 18.6. The van der Waals surface area contributed by atoms with Gasteiger partial charge in [0, 0.05) is 5.56 Å². The Morgan fingerprint density at radius 3 is 2.16 bits per heavy atom. The molecule has 0 amide bonds. The lowest BCUT2D eigenvalue weighted by molar-refractivity contribution is 0.0474. The van der Waals surface area contributed by atoms with Crippen LogP contribution in [0.15, 0.2) is 36.4 Å². The monoisotopic (exact) mass is 338 g/mol. The Kier molecular flexibility index (Phi) is 6.13. The van der Waals surface area contributed by atoms with Gasteiger partial charge in [0.1, 0.15) is 0 Å². The number of carbonyl (C=O) groups excluding carboxylic acids is 2. The van der Waals surface area contributed by atoms with Crippen molar-refractivity contribution in [1.82, 2.24) is 0 Å². The molecular formula is C22H26O3. The van der Waals surface area contributed by atoms with E-state index in [1.807, 2.05) is 45.0 Å². The van der Waals surface area contributed by atoms with Gasteiger partial charge >= 0.3 is 5.97 Å². The fraction of sp³-hybridized carbons (Fsp3) is 0.364. The number of Topliss-reactive ketones (excluding diaryl/α,β-unsaturated/α-hetero) is 1. The molecule has 132 valence electrons. The van der Waals surface area contributed by atoms with E-state index in [4.69, 9.17) is 4.74 Å². The van der Waals surface area contributed by atoms with E-state index in [2.05, 4.69) is 13.8 Å². The number of benzene rings is 2. The molecule has 25 heavy (non-hydrogen) atoms. The third-order valence-corrected chi connectivity index (χ3v) is 4.80. The molecule has 2 aromatic rings. The van der Waals surface area contributed by atoms with E-state index in [0.29, 0.717) is 17.0 Å². The molecule has 3 heteroatoms. The average molecular weight is 338 g/mol. The first-order valence-electron chi connectivity index (χ1n) is 8.71. The summed E-state index contributed by atoms with van der Waals surface area (Å²) in [5.74, 6) is -0.185. The van der Waals surface area contributed by atoms with Crippen LogP contribution in [0.5, 0.6) is 0 Å². The minimum atomic E-state index is -0.467. The first kappa shape index (κ1) is 18.9. The zero-order valence-corrected chi connectivity index (χ0v) is 15.7. The molecule has 0 heterocycles. The van der Waals surface area contributed by atoms with Crippen molar-refractivity contribution < 1.29 is 14.3 Å². The van der Waals surface area contributed by atoms with Crippen LogP contribution in [-0.2, 0) is 4.74 Å². The first-order valence-corrected chi connectivity index (χ1v) is 8.71. The number of carbonyl (C=O) groups is 2. The van der Waals surface area contributed by atoms with E-state index in [1.54, 1.807) is 12.1 Å². The molecule has 2 aromatic carbocycles. The van der Waals surface area contributed by atoms with Crippen LogP contribution >= 0.6 is 0 Å². The molecule has 0 aromatic heterocycles. The predicted molar refractivity (Wildman–Crippen MR) is 100 cm³/mol. The predicted octanol–water partition coefficient (Wildman–Crippen LogP) is 5.17. The number of esters is 1. The van der Waals surface area contributed by atoms with Crippen molar-refractivity contribution in [3.8, 4) is 0 Å². The fourth-order valence-electron chi connectivity index (χ4n) is 2.74. The lowest BCUT2D eigenvalue weighted by Gasteiger charge is -2.11. The molecule has 0 saturated carbocycles. The smallest absolute Gasteiger partial charge is 0.338 e. The minimum Gasteiger partial charge on any atom is -0.454 e. The molecule has 1 atom stereocenters. The molecule has 0 bridgehead atoms. The van der Waals surface area contributed by atoms with E-state index < -0.39 is 5.97 Å². The highest BCUT2D eigenvalue weighted by Gasteiger charge is 2.15. The third-order valence-electron chi connectivity index (χ3n) is 4.80. The molecule has 0 fully saturated rings. The fourth-order valence-corrected chi connectivity index (χ4v) is 2.74. The van der Waals surface area contributed by atoms with Crippen LogP contribution in [0.4, 0.5) is 0 Å². The van der Waals surface area contributed by atoms with Crippen molar-refractivity contribution in [3.05, 3.63) is 69.8 Å². The Labute approximate surface area is 150 Å². The summed E-state index contributed by atoms with van der Waals surface area (Å²) < 4.78 is 5.21. The quantitative estimate of drug-likeness (QED) is 0.539. The van der Waals surface area contributed by atoms with Gasteiger partial charge in [0.05, 0.1) is 5.56 Å². The van der Waals surface area contributed by atoms with E-state index in [9.17, 15) is 9.59 Å². The van der Waals surface area contributed by atoms with Crippen molar-refractivity contribution in [2.24, 2.45) is 0 Å². The van der Waals surface area contributed by atoms with Gasteiger partial charge in [-0.1, -0.05) is 32.0 Å². The summed E-state index contributed by atoms with van der Waals surface area (Å²) >= 11 is 0. The standard InChI is InChI=1S/C22H26O3/c1-6-14(2)18-7-9-19(10-8-18)22(24)25-13-21(23)20-12-16(4)15(3)11-17(20)5/h7-12,14H,6,13H2,1-5H3. The number of hydrogen-bond acceptors (Lipinski definition) is 3. The Morgan fingerprint density at radius 2 is 1.56 bits per heavy atom. The van der Waals surface area contributed by atoms with Gasteiger partial charge in [-0.3, -0.25) is 4.79 Å². The van der Waals surface area contributed by atoms with Gasteiger partial charge in [0.15, 0.2) is 6.61 Å². The topological polar surface area (TPSA) is 43.4 Å². The Hall–Kier alpha value is -2.42. The maximum atomic E-state index is 12.4. The van der Waals surface area contributed by atoms with Crippen molar-refractivity contribution in [2.75, 3.05) is 6.61 Å². The third kappa shape index (κ3) is 4.56. The summed E-state index contributed by atoms with van der Waals surface area (Å²) in [6.07, 6.45) is 1.05. The molecule has 0 saturated heterocycles. The van der Waals surface area contributed by atoms with Gasteiger partial charge in [0.2, 0.25) is 5.78 Å². The summed E-state index contributed by atoms with van der Waals surface area (Å²) in [4.78, 5) is 24.5. The van der Waals surface area contributed by atoms with E-state index in [1.165, 1.54) is 5.56 Å². The molecule has 0 aliphatic heterocycles. The molecule has 0 aliphatic carbocycles. The van der Waals surface area contributed by atoms with Gasteiger partial charge in [-0.2, -0.15) is 0 Å². The maximum Gasteiger partial charge on any atom is 0.338 e.